The number of hydrogen-bond donors (Lipinski definition) is 0. The Balaban J connectivity index is 2.47. The van der Waals surface area contributed by atoms with Crippen LogP contribution in [-0.4, -0.2) is 54.3 Å². The maximum Gasteiger partial charge on any atom is 0.236 e. The molecule has 1 rings (SSSR count). The van der Waals surface area contributed by atoms with Gasteiger partial charge in [0.05, 0.1) is 12.6 Å². The SMILES string of the molecule is CN1CCCN(CC(Cl)C#N)CC1=O. The van der Waals surface area contributed by atoms with E-state index in [0.29, 0.717) is 13.1 Å². The van der Waals surface area contributed by atoms with Gasteiger partial charge in [-0.2, -0.15) is 5.26 Å². The Hall–Kier alpha value is -0.790. The van der Waals surface area contributed by atoms with E-state index in [1.165, 1.54) is 0 Å². The standard InChI is InChI=1S/C9H14ClN3O/c1-12-3-2-4-13(7-9(12)14)6-8(10)5-11/h8H,2-4,6-7H2,1H3. The molecule has 0 bridgehead atoms. The van der Waals surface area contributed by atoms with Gasteiger partial charge in [0.25, 0.3) is 0 Å². The minimum Gasteiger partial charge on any atom is -0.345 e. The molecule has 0 N–H and O–H groups in total. The number of carbonyl (C=O) groups excluding carboxylic acids is 1. The van der Waals surface area contributed by atoms with Crippen molar-refractivity contribution >= 4 is 17.5 Å². The summed E-state index contributed by atoms with van der Waals surface area (Å²) in [6.07, 6.45) is 0.942. The van der Waals surface area contributed by atoms with Gasteiger partial charge < -0.3 is 4.90 Å². The van der Waals surface area contributed by atoms with Crippen molar-refractivity contribution in [1.29, 1.82) is 5.26 Å². The predicted octanol–water partition coefficient (Wildman–Crippen LogP) is 0.281. The van der Waals surface area contributed by atoms with Crippen molar-refractivity contribution in [3.8, 4) is 6.07 Å². The number of amides is 1. The largest absolute Gasteiger partial charge is 0.345 e. The summed E-state index contributed by atoms with van der Waals surface area (Å²) in [5.41, 5.74) is 0. The molecular weight excluding hydrogens is 202 g/mol. The van der Waals surface area contributed by atoms with Gasteiger partial charge in [-0.25, -0.2) is 0 Å². The maximum atomic E-state index is 11.5. The summed E-state index contributed by atoms with van der Waals surface area (Å²) in [6, 6.07) is 1.96. The average Bonchev–Trinajstić information content (AvgIpc) is 2.30. The van der Waals surface area contributed by atoms with E-state index in [2.05, 4.69) is 0 Å². The van der Waals surface area contributed by atoms with E-state index in [4.69, 9.17) is 16.9 Å². The molecule has 1 fully saturated rings. The number of alkyl halides is 1. The number of likely N-dealkylation sites (N-methyl/N-ethyl adjacent to an activating group) is 1. The highest BCUT2D eigenvalue weighted by molar-refractivity contribution is 6.22. The number of hydrogen-bond acceptors (Lipinski definition) is 3. The molecule has 0 aromatic carbocycles. The Labute approximate surface area is 89.0 Å². The lowest BCUT2D eigenvalue weighted by atomic mass is 10.3. The van der Waals surface area contributed by atoms with Gasteiger partial charge >= 0.3 is 0 Å². The number of halogens is 1. The van der Waals surface area contributed by atoms with E-state index in [-0.39, 0.29) is 5.91 Å². The van der Waals surface area contributed by atoms with Crippen molar-refractivity contribution in [3.63, 3.8) is 0 Å². The fourth-order valence-electron chi connectivity index (χ4n) is 1.47. The fraction of sp³-hybridized carbons (Fsp3) is 0.778. The molecule has 0 aliphatic carbocycles. The molecule has 1 aliphatic heterocycles. The summed E-state index contributed by atoms with van der Waals surface area (Å²) in [5, 5.41) is 8.03. The molecular formula is C9H14ClN3O. The first-order valence-corrected chi connectivity index (χ1v) is 5.07. The number of carbonyl (C=O) groups is 1. The minimum atomic E-state index is -0.522. The number of nitrogens with zero attached hydrogens (tertiary/aromatic N) is 3. The zero-order valence-electron chi connectivity index (χ0n) is 8.24. The van der Waals surface area contributed by atoms with E-state index in [0.717, 1.165) is 19.5 Å². The van der Waals surface area contributed by atoms with Gasteiger partial charge in [-0.05, 0) is 6.42 Å². The van der Waals surface area contributed by atoms with E-state index < -0.39 is 5.38 Å². The Morgan fingerprint density at radius 2 is 2.36 bits per heavy atom. The Morgan fingerprint density at radius 3 is 3.00 bits per heavy atom. The molecule has 5 heteroatoms. The van der Waals surface area contributed by atoms with E-state index in [1.54, 1.807) is 11.9 Å². The molecule has 1 atom stereocenters. The molecule has 1 heterocycles. The lowest BCUT2D eigenvalue weighted by molar-refractivity contribution is -0.129. The van der Waals surface area contributed by atoms with Crippen LogP contribution in [0.1, 0.15) is 6.42 Å². The second kappa shape index (κ2) is 5.18. The van der Waals surface area contributed by atoms with Gasteiger partial charge in [0.2, 0.25) is 5.91 Å². The van der Waals surface area contributed by atoms with Crippen LogP contribution in [0.2, 0.25) is 0 Å². The maximum absolute atomic E-state index is 11.5. The third-order valence-electron chi connectivity index (χ3n) is 2.31. The Morgan fingerprint density at radius 1 is 1.64 bits per heavy atom. The molecule has 0 spiro atoms. The van der Waals surface area contributed by atoms with Gasteiger partial charge in [-0.3, -0.25) is 9.69 Å². The summed E-state index contributed by atoms with van der Waals surface area (Å²) in [7, 11) is 1.80. The molecule has 1 amide bonds. The third-order valence-corrected chi connectivity index (χ3v) is 2.55. The van der Waals surface area contributed by atoms with Crippen molar-refractivity contribution in [2.45, 2.75) is 11.8 Å². The molecule has 0 aromatic heterocycles. The van der Waals surface area contributed by atoms with Crippen LogP contribution in [0.25, 0.3) is 0 Å². The van der Waals surface area contributed by atoms with Gasteiger partial charge in [0, 0.05) is 26.7 Å². The molecule has 0 saturated carbocycles. The second-order valence-electron chi connectivity index (χ2n) is 3.50. The lowest BCUT2D eigenvalue weighted by Gasteiger charge is -2.19. The number of rotatable bonds is 2. The van der Waals surface area contributed by atoms with Gasteiger partial charge in [-0.1, -0.05) is 0 Å². The van der Waals surface area contributed by atoms with Crippen molar-refractivity contribution in [3.05, 3.63) is 0 Å². The highest BCUT2D eigenvalue weighted by atomic mass is 35.5. The van der Waals surface area contributed by atoms with E-state index >= 15 is 0 Å². The van der Waals surface area contributed by atoms with E-state index in [1.807, 2.05) is 11.0 Å². The highest BCUT2D eigenvalue weighted by Gasteiger charge is 2.20. The highest BCUT2D eigenvalue weighted by Crippen LogP contribution is 2.05. The van der Waals surface area contributed by atoms with Crippen LogP contribution in [0.3, 0.4) is 0 Å². The normalized spacial score (nSPS) is 21.5. The second-order valence-corrected chi connectivity index (χ2v) is 4.03. The summed E-state index contributed by atoms with van der Waals surface area (Å²) < 4.78 is 0. The van der Waals surface area contributed by atoms with Crippen LogP contribution < -0.4 is 0 Å². The molecule has 1 aliphatic rings. The van der Waals surface area contributed by atoms with Crippen LogP contribution in [0, 0.1) is 11.3 Å². The summed E-state index contributed by atoms with van der Waals surface area (Å²) in [6.45, 7) is 2.47. The topological polar surface area (TPSA) is 47.3 Å². The first-order chi connectivity index (χ1) is 6.63. The van der Waals surface area contributed by atoms with Crippen molar-refractivity contribution in [2.75, 3.05) is 33.2 Å². The van der Waals surface area contributed by atoms with E-state index in [9.17, 15) is 4.79 Å². The van der Waals surface area contributed by atoms with Crippen LogP contribution in [0.4, 0.5) is 0 Å². The van der Waals surface area contributed by atoms with Crippen LogP contribution in [-0.2, 0) is 4.79 Å². The van der Waals surface area contributed by atoms with Crippen LogP contribution >= 0.6 is 11.6 Å². The molecule has 1 saturated heterocycles. The Kier molecular flexibility index (Phi) is 4.18. The van der Waals surface area contributed by atoms with Crippen LogP contribution in [0.5, 0.6) is 0 Å². The van der Waals surface area contributed by atoms with Gasteiger partial charge in [0.1, 0.15) is 5.38 Å². The first kappa shape index (κ1) is 11.3. The lowest BCUT2D eigenvalue weighted by Crippen LogP contribution is -2.36. The fourth-order valence-corrected chi connectivity index (χ4v) is 1.67. The zero-order valence-corrected chi connectivity index (χ0v) is 9.00. The molecule has 0 radical (unpaired) electrons. The smallest absolute Gasteiger partial charge is 0.236 e. The predicted molar refractivity (Wildman–Crippen MR) is 53.9 cm³/mol. The quantitative estimate of drug-likeness (QED) is 0.622. The minimum absolute atomic E-state index is 0.101. The van der Waals surface area contributed by atoms with Crippen molar-refractivity contribution in [2.24, 2.45) is 0 Å². The summed E-state index contributed by atoms with van der Waals surface area (Å²) >= 11 is 5.71. The van der Waals surface area contributed by atoms with Gasteiger partial charge in [-0.15, -0.1) is 11.6 Å². The van der Waals surface area contributed by atoms with Crippen molar-refractivity contribution in [1.82, 2.24) is 9.80 Å². The third kappa shape index (κ3) is 3.17. The van der Waals surface area contributed by atoms with Gasteiger partial charge in [0.15, 0.2) is 0 Å². The molecule has 78 valence electrons. The van der Waals surface area contributed by atoms with Crippen molar-refractivity contribution < 1.29 is 4.79 Å². The number of nitriles is 1. The molecule has 1 unspecified atom stereocenters. The molecule has 14 heavy (non-hydrogen) atoms. The molecule has 4 nitrogen and oxygen atoms in total. The summed E-state index contributed by atoms with van der Waals surface area (Å²) in [4.78, 5) is 15.1. The first-order valence-electron chi connectivity index (χ1n) is 4.63. The zero-order chi connectivity index (χ0) is 10.6. The van der Waals surface area contributed by atoms with Crippen LogP contribution in [0.15, 0.2) is 0 Å². The monoisotopic (exact) mass is 215 g/mol. The Bertz CT molecular complexity index is 251. The summed E-state index contributed by atoms with van der Waals surface area (Å²) in [5.74, 6) is 0.101. The average molecular weight is 216 g/mol. The molecule has 0 aromatic rings.